The Kier molecular flexibility index (Phi) is 3.08. The summed E-state index contributed by atoms with van der Waals surface area (Å²) in [5, 5.41) is 3.43. The van der Waals surface area contributed by atoms with Gasteiger partial charge in [-0.15, -0.1) is 12.4 Å². The van der Waals surface area contributed by atoms with Gasteiger partial charge < -0.3 is 5.32 Å². The van der Waals surface area contributed by atoms with Gasteiger partial charge in [0.25, 0.3) is 0 Å². The first-order valence-electron chi connectivity index (χ1n) is 5.26. The third-order valence-corrected chi connectivity index (χ3v) is 3.28. The highest BCUT2D eigenvalue weighted by molar-refractivity contribution is 5.85. The molecule has 0 bridgehead atoms. The molecule has 2 heterocycles. The topological polar surface area (TPSA) is 24.9 Å². The number of nitrogens with zero attached hydrogens (tertiary/aromatic N) is 1. The summed E-state index contributed by atoms with van der Waals surface area (Å²) in [7, 11) is 0. The molecule has 0 spiro atoms. The Morgan fingerprint density at radius 3 is 2.93 bits per heavy atom. The summed E-state index contributed by atoms with van der Waals surface area (Å²) in [6.45, 7) is 2.33. The zero-order chi connectivity index (χ0) is 9.38. The number of rotatable bonds is 1. The maximum absolute atomic E-state index is 4.40. The largest absolute Gasteiger partial charge is 0.316 e. The number of pyridine rings is 1. The molecule has 0 radical (unpaired) electrons. The van der Waals surface area contributed by atoms with Crippen LogP contribution in [-0.4, -0.2) is 18.1 Å². The molecular weight excluding hydrogens is 208 g/mol. The Morgan fingerprint density at radius 1 is 1.27 bits per heavy atom. The van der Waals surface area contributed by atoms with Crippen LogP contribution in [0.5, 0.6) is 0 Å². The summed E-state index contributed by atoms with van der Waals surface area (Å²) >= 11 is 0. The van der Waals surface area contributed by atoms with E-state index >= 15 is 0 Å². The van der Waals surface area contributed by atoms with Crippen molar-refractivity contribution in [3.63, 3.8) is 0 Å². The Labute approximate surface area is 96.2 Å². The molecule has 3 rings (SSSR count). The van der Waals surface area contributed by atoms with Crippen molar-refractivity contribution in [2.45, 2.75) is 6.42 Å². The lowest BCUT2D eigenvalue weighted by Crippen LogP contribution is -2.09. The second-order valence-electron chi connectivity index (χ2n) is 4.19. The molecule has 2 nitrogen and oxygen atoms in total. The molecule has 0 aromatic carbocycles. The van der Waals surface area contributed by atoms with Gasteiger partial charge in [0.05, 0.1) is 5.69 Å². The van der Waals surface area contributed by atoms with E-state index in [-0.39, 0.29) is 12.4 Å². The number of halogens is 1. The molecule has 0 unspecified atom stereocenters. The summed E-state index contributed by atoms with van der Waals surface area (Å²) in [4.78, 5) is 4.40. The fourth-order valence-electron chi connectivity index (χ4n) is 2.52. The van der Waals surface area contributed by atoms with Crippen LogP contribution in [-0.2, 0) is 0 Å². The molecule has 1 aromatic heterocycles. The van der Waals surface area contributed by atoms with Crippen LogP contribution in [0.1, 0.15) is 12.1 Å². The fourth-order valence-corrected chi connectivity index (χ4v) is 2.52. The van der Waals surface area contributed by atoms with E-state index < -0.39 is 0 Å². The highest BCUT2D eigenvalue weighted by Gasteiger charge is 2.31. The van der Waals surface area contributed by atoms with Crippen molar-refractivity contribution in [1.29, 1.82) is 0 Å². The molecule has 1 fully saturated rings. The summed E-state index contributed by atoms with van der Waals surface area (Å²) in [6, 6.07) is 6.15. The van der Waals surface area contributed by atoms with Gasteiger partial charge in [-0.2, -0.15) is 0 Å². The van der Waals surface area contributed by atoms with Crippen molar-refractivity contribution in [2.75, 3.05) is 13.1 Å². The van der Waals surface area contributed by atoms with Gasteiger partial charge in [0.2, 0.25) is 0 Å². The number of nitrogens with one attached hydrogen (secondary N) is 1. The Bertz CT molecular complexity index is 361. The van der Waals surface area contributed by atoms with Crippen molar-refractivity contribution < 1.29 is 0 Å². The van der Waals surface area contributed by atoms with Crippen molar-refractivity contribution >= 4 is 18.0 Å². The van der Waals surface area contributed by atoms with E-state index in [1.807, 2.05) is 12.3 Å². The van der Waals surface area contributed by atoms with Gasteiger partial charge >= 0.3 is 0 Å². The molecule has 1 aromatic rings. The van der Waals surface area contributed by atoms with Gasteiger partial charge in [-0.3, -0.25) is 4.98 Å². The molecular formula is C12H15ClN2. The van der Waals surface area contributed by atoms with E-state index in [4.69, 9.17) is 0 Å². The number of allylic oxidation sites excluding steroid dienone is 1. The van der Waals surface area contributed by atoms with E-state index in [0.717, 1.165) is 18.4 Å². The normalized spacial score (nSPS) is 28.1. The summed E-state index contributed by atoms with van der Waals surface area (Å²) in [5.74, 6) is 1.58. The number of fused-ring (bicyclic) bond motifs is 1. The molecule has 0 amide bonds. The van der Waals surface area contributed by atoms with Gasteiger partial charge in [-0.1, -0.05) is 12.1 Å². The number of hydrogen-bond donors (Lipinski definition) is 1. The van der Waals surface area contributed by atoms with Crippen LogP contribution in [0.2, 0.25) is 0 Å². The van der Waals surface area contributed by atoms with E-state index in [9.17, 15) is 0 Å². The molecule has 1 N–H and O–H groups in total. The monoisotopic (exact) mass is 222 g/mol. The summed E-state index contributed by atoms with van der Waals surface area (Å²) < 4.78 is 0. The molecule has 80 valence electrons. The maximum atomic E-state index is 4.40. The lowest BCUT2D eigenvalue weighted by Gasteiger charge is -2.05. The molecule has 2 aliphatic rings. The Morgan fingerprint density at radius 2 is 2.20 bits per heavy atom. The van der Waals surface area contributed by atoms with E-state index in [2.05, 4.69) is 28.5 Å². The van der Waals surface area contributed by atoms with E-state index in [0.29, 0.717) is 0 Å². The molecule has 1 aliphatic heterocycles. The van der Waals surface area contributed by atoms with Crippen LogP contribution in [0, 0.1) is 11.8 Å². The standard InChI is InChI=1S/C12H14N2.ClH/c1-2-4-14-12(3-1)9-5-10-7-13-8-11(10)6-9;/h1-5,10-11,13H,6-8H2;1H/t10-,11+;/m0./s1. The Balaban J connectivity index is 0.000000853. The fraction of sp³-hybridized carbons (Fsp3) is 0.417. The second kappa shape index (κ2) is 4.33. The third-order valence-electron chi connectivity index (χ3n) is 3.28. The zero-order valence-corrected chi connectivity index (χ0v) is 9.33. The quantitative estimate of drug-likeness (QED) is 0.788. The summed E-state index contributed by atoms with van der Waals surface area (Å²) in [5.41, 5.74) is 2.61. The molecule has 2 atom stereocenters. The van der Waals surface area contributed by atoms with Crippen LogP contribution >= 0.6 is 12.4 Å². The predicted octanol–water partition coefficient (Wildman–Crippen LogP) is 2.13. The number of aromatic nitrogens is 1. The van der Waals surface area contributed by atoms with E-state index in [1.54, 1.807) is 0 Å². The highest BCUT2D eigenvalue weighted by atomic mass is 35.5. The van der Waals surface area contributed by atoms with Gasteiger partial charge in [-0.25, -0.2) is 0 Å². The van der Waals surface area contributed by atoms with Crippen molar-refractivity contribution in [2.24, 2.45) is 11.8 Å². The van der Waals surface area contributed by atoms with Gasteiger partial charge in [0.1, 0.15) is 0 Å². The molecule has 3 heteroatoms. The number of hydrogen-bond acceptors (Lipinski definition) is 2. The van der Waals surface area contributed by atoms with Crippen LogP contribution in [0.3, 0.4) is 0 Å². The molecule has 0 saturated carbocycles. The lowest BCUT2D eigenvalue weighted by molar-refractivity contribution is 0.536. The maximum Gasteiger partial charge on any atom is 0.0658 e. The third kappa shape index (κ3) is 1.92. The average molecular weight is 223 g/mol. The van der Waals surface area contributed by atoms with Crippen LogP contribution < -0.4 is 5.32 Å². The first-order valence-corrected chi connectivity index (χ1v) is 5.26. The first-order chi connectivity index (χ1) is 6.93. The van der Waals surface area contributed by atoms with Gasteiger partial charge in [0, 0.05) is 12.7 Å². The van der Waals surface area contributed by atoms with Crippen LogP contribution in [0.15, 0.2) is 30.5 Å². The minimum absolute atomic E-state index is 0. The predicted molar refractivity (Wildman–Crippen MR) is 63.9 cm³/mol. The smallest absolute Gasteiger partial charge is 0.0658 e. The van der Waals surface area contributed by atoms with Gasteiger partial charge in [0.15, 0.2) is 0 Å². The lowest BCUT2D eigenvalue weighted by atomic mass is 9.99. The van der Waals surface area contributed by atoms with Crippen LogP contribution in [0.4, 0.5) is 0 Å². The van der Waals surface area contributed by atoms with Crippen molar-refractivity contribution in [1.82, 2.24) is 10.3 Å². The Hall–Kier alpha value is -0.860. The minimum atomic E-state index is 0. The van der Waals surface area contributed by atoms with Crippen molar-refractivity contribution in [3.05, 3.63) is 36.2 Å². The average Bonchev–Trinajstić information content (AvgIpc) is 2.78. The summed E-state index contributed by atoms with van der Waals surface area (Å²) in [6.07, 6.45) is 5.49. The SMILES string of the molecule is C1=C(c2ccccn2)C[C@@H]2CNC[C@H]12.Cl. The van der Waals surface area contributed by atoms with E-state index in [1.165, 1.54) is 24.2 Å². The zero-order valence-electron chi connectivity index (χ0n) is 8.52. The minimum Gasteiger partial charge on any atom is -0.316 e. The molecule has 1 saturated heterocycles. The van der Waals surface area contributed by atoms with Crippen LogP contribution in [0.25, 0.3) is 5.57 Å². The second-order valence-corrected chi connectivity index (χ2v) is 4.19. The van der Waals surface area contributed by atoms with Crippen molar-refractivity contribution in [3.8, 4) is 0 Å². The van der Waals surface area contributed by atoms with Gasteiger partial charge in [-0.05, 0) is 42.5 Å². The molecule has 15 heavy (non-hydrogen) atoms. The molecule has 1 aliphatic carbocycles. The highest BCUT2D eigenvalue weighted by Crippen LogP contribution is 2.37. The first kappa shape index (κ1) is 10.7.